The van der Waals surface area contributed by atoms with Crippen LogP contribution in [0.1, 0.15) is 57.8 Å². The molecule has 25 heavy (non-hydrogen) atoms. The van der Waals surface area contributed by atoms with Crippen molar-refractivity contribution < 1.29 is 9.59 Å². The van der Waals surface area contributed by atoms with Gasteiger partial charge in [0.25, 0.3) is 0 Å². The lowest BCUT2D eigenvalue weighted by Crippen LogP contribution is -2.50. The van der Waals surface area contributed by atoms with E-state index in [0.29, 0.717) is 24.9 Å². The maximum absolute atomic E-state index is 12.6. The molecule has 0 aromatic heterocycles. The van der Waals surface area contributed by atoms with Crippen LogP contribution in [0.4, 0.5) is 0 Å². The molecule has 6 nitrogen and oxygen atoms in total. The zero-order chi connectivity index (χ0) is 17.8. The summed E-state index contributed by atoms with van der Waals surface area (Å²) in [5.41, 5.74) is 5.40. The predicted molar refractivity (Wildman–Crippen MR) is 98.3 cm³/mol. The molecular formula is C18H31ClN4O2. The van der Waals surface area contributed by atoms with Gasteiger partial charge in [0.05, 0.1) is 6.04 Å². The van der Waals surface area contributed by atoms with Crippen molar-refractivity contribution >= 4 is 23.4 Å². The highest BCUT2D eigenvalue weighted by molar-refractivity contribution is 6.21. The number of amides is 2. The van der Waals surface area contributed by atoms with Gasteiger partial charge in [-0.05, 0) is 50.9 Å². The molecular weight excluding hydrogens is 340 g/mol. The van der Waals surface area contributed by atoms with Crippen molar-refractivity contribution in [2.75, 3.05) is 6.54 Å². The summed E-state index contributed by atoms with van der Waals surface area (Å²) in [6.45, 7) is 0.386. The van der Waals surface area contributed by atoms with Crippen LogP contribution in [0.5, 0.6) is 0 Å². The zero-order valence-corrected chi connectivity index (χ0v) is 15.6. The molecule has 2 amide bonds. The molecule has 4 atom stereocenters. The maximum atomic E-state index is 12.6. The lowest BCUT2D eigenvalue weighted by molar-refractivity contribution is -0.124. The van der Waals surface area contributed by atoms with Crippen LogP contribution in [0.15, 0.2) is 0 Å². The highest BCUT2D eigenvalue weighted by Gasteiger charge is 2.42. The van der Waals surface area contributed by atoms with E-state index in [1.54, 1.807) is 0 Å². The second-order valence-electron chi connectivity index (χ2n) is 7.85. The number of carbonyl (C=O) groups is 2. The molecule has 0 spiro atoms. The molecule has 5 N–H and O–H groups in total. The molecule has 3 aliphatic rings. The van der Waals surface area contributed by atoms with Gasteiger partial charge in [0, 0.05) is 36.5 Å². The Hall–Kier alpha value is -0.850. The summed E-state index contributed by atoms with van der Waals surface area (Å²) in [6, 6.07) is 0.624. The third-order valence-electron chi connectivity index (χ3n) is 6.01. The molecule has 2 saturated carbocycles. The molecule has 142 valence electrons. The summed E-state index contributed by atoms with van der Waals surface area (Å²) in [5.74, 6) is 0.692. The third-order valence-corrected chi connectivity index (χ3v) is 6.50. The second kappa shape index (κ2) is 8.69. The fraction of sp³-hybridized carbons (Fsp3) is 0.889. The summed E-state index contributed by atoms with van der Waals surface area (Å²) in [6.07, 6.45) is 8.34. The zero-order valence-electron chi connectivity index (χ0n) is 14.8. The Kier molecular flexibility index (Phi) is 6.58. The van der Waals surface area contributed by atoms with Crippen molar-refractivity contribution in [1.82, 2.24) is 16.0 Å². The maximum Gasteiger partial charge on any atom is 0.237 e. The molecule has 3 fully saturated rings. The van der Waals surface area contributed by atoms with E-state index in [0.717, 1.165) is 38.5 Å². The minimum Gasteiger partial charge on any atom is -0.353 e. The molecule has 1 saturated heterocycles. The molecule has 2 aliphatic carbocycles. The Morgan fingerprint density at radius 1 is 1.04 bits per heavy atom. The number of fused-ring (bicyclic) bond motifs is 1. The standard InChI is InChI=1S/C18H31ClN4O2/c19-14-3-1-2-11-10-15(23-17(11)14)18(25)22-13-6-4-12(5-7-13)21-16(24)8-9-20/h11-15,17,23H,1-10,20H2,(H,21,24)(H,22,25). The quantitative estimate of drug-likeness (QED) is 0.543. The fourth-order valence-electron chi connectivity index (χ4n) is 4.64. The van der Waals surface area contributed by atoms with E-state index in [4.69, 9.17) is 17.3 Å². The highest BCUT2D eigenvalue weighted by atomic mass is 35.5. The van der Waals surface area contributed by atoms with E-state index < -0.39 is 0 Å². The number of carbonyl (C=O) groups excluding carboxylic acids is 2. The van der Waals surface area contributed by atoms with Crippen molar-refractivity contribution in [3.63, 3.8) is 0 Å². The van der Waals surface area contributed by atoms with E-state index in [2.05, 4.69) is 16.0 Å². The van der Waals surface area contributed by atoms with Crippen LogP contribution in [0.3, 0.4) is 0 Å². The number of halogens is 1. The summed E-state index contributed by atoms with van der Waals surface area (Å²) < 4.78 is 0. The highest BCUT2D eigenvalue weighted by Crippen LogP contribution is 2.36. The van der Waals surface area contributed by atoms with Crippen LogP contribution < -0.4 is 21.7 Å². The molecule has 1 aliphatic heterocycles. The Labute approximate surface area is 155 Å². The van der Waals surface area contributed by atoms with Crippen LogP contribution >= 0.6 is 11.6 Å². The first kappa shape index (κ1) is 18.9. The summed E-state index contributed by atoms with van der Waals surface area (Å²) >= 11 is 6.42. The Morgan fingerprint density at radius 3 is 2.36 bits per heavy atom. The SMILES string of the molecule is NCCC(=O)NC1CCC(NC(=O)C2CC3CCCC(Cl)C3N2)CC1. The molecule has 0 radical (unpaired) electrons. The molecule has 0 bridgehead atoms. The third kappa shape index (κ3) is 4.86. The number of rotatable bonds is 5. The first-order valence-electron chi connectivity index (χ1n) is 9.76. The lowest BCUT2D eigenvalue weighted by atomic mass is 9.84. The molecule has 0 aromatic carbocycles. The first-order chi connectivity index (χ1) is 12.1. The summed E-state index contributed by atoms with van der Waals surface area (Å²) in [5, 5.41) is 9.86. The van der Waals surface area contributed by atoms with Gasteiger partial charge >= 0.3 is 0 Å². The average molecular weight is 371 g/mol. The largest absolute Gasteiger partial charge is 0.353 e. The second-order valence-corrected chi connectivity index (χ2v) is 8.41. The van der Waals surface area contributed by atoms with Crippen molar-refractivity contribution in [1.29, 1.82) is 0 Å². The number of alkyl halides is 1. The number of hydrogen-bond acceptors (Lipinski definition) is 4. The first-order valence-corrected chi connectivity index (χ1v) is 10.2. The molecule has 4 unspecified atom stereocenters. The van der Waals surface area contributed by atoms with Gasteiger partial charge in [-0.2, -0.15) is 0 Å². The molecule has 3 rings (SSSR count). The fourth-order valence-corrected chi connectivity index (χ4v) is 5.07. The van der Waals surface area contributed by atoms with Crippen molar-refractivity contribution in [3.05, 3.63) is 0 Å². The van der Waals surface area contributed by atoms with Gasteiger partial charge in [0.2, 0.25) is 11.8 Å². The van der Waals surface area contributed by atoms with Crippen LogP contribution in [0.25, 0.3) is 0 Å². The Morgan fingerprint density at radius 2 is 1.72 bits per heavy atom. The van der Waals surface area contributed by atoms with Crippen LogP contribution in [0, 0.1) is 5.92 Å². The van der Waals surface area contributed by atoms with Crippen LogP contribution in [-0.4, -0.2) is 47.9 Å². The molecule has 7 heteroatoms. The number of nitrogens with two attached hydrogens (primary N) is 1. The minimum atomic E-state index is -0.101. The van der Waals surface area contributed by atoms with Gasteiger partial charge in [0.15, 0.2) is 0 Å². The van der Waals surface area contributed by atoms with E-state index in [1.807, 2.05) is 0 Å². The van der Waals surface area contributed by atoms with Gasteiger partial charge in [-0.25, -0.2) is 0 Å². The van der Waals surface area contributed by atoms with Crippen molar-refractivity contribution in [3.8, 4) is 0 Å². The Balaban J connectivity index is 1.40. The van der Waals surface area contributed by atoms with E-state index in [1.165, 1.54) is 12.8 Å². The predicted octanol–water partition coefficient (Wildman–Crippen LogP) is 1.02. The van der Waals surface area contributed by atoms with Gasteiger partial charge in [-0.1, -0.05) is 6.42 Å². The summed E-state index contributed by atoms with van der Waals surface area (Å²) in [7, 11) is 0. The van der Waals surface area contributed by atoms with Gasteiger partial charge in [-0.15, -0.1) is 11.6 Å². The number of nitrogens with one attached hydrogen (secondary N) is 3. The summed E-state index contributed by atoms with van der Waals surface area (Å²) in [4.78, 5) is 24.2. The van der Waals surface area contributed by atoms with E-state index >= 15 is 0 Å². The lowest BCUT2D eigenvalue weighted by Gasteiger charge is -2.30. The van der Waals surface area contributed by atoms with E-state index in [-0.39, 0.29) is 35.3 Å². The average Bonchev–Trinajstić information content (AvgIpc) is 3.03. The van der Waals surface area contributed by atoms with Crippen LogP contribution in [-0.2, 0) is 9.59 Å². The molecule has 1 heterocycles. The minimum absolute atomic E-state index is 0.0309. The van der Waals surface area contributed by atoms with Gasteiger partial charge < -0.3 is 21.7 Å². The smallest absolute Gasteiger partial charge is 0.237 e. The van der Waals surface area contributed by atoms with Gasteiger partial charge in [0.1, 0.15) is 0 Å². The number of hydrogen-bond donors (Lipinski definition) is 4. The van der Waals surface area contributed by atoms with Crippen LogP contribution in [0.2, 0.25) is 0 Å². The normalized spacial score (nSPS) is 38.0. The Bertz CT molecular complexity index is 482. The molecule has 0 aromatic rings. The van der Waals surface area contributed by atoms with E-state index in [9.17, 15) is 9.59 Å². The topological polar surface area (TPSA) is 96.2 Å². The van der Waals surface area contributed by atoms with Gasteiger partial charge in [-0.3, -0.25) is 9.59 Å². The van der Waals surface area contributed by atoms with Crippen molar-refractivity contribution in [2.45, 2.75) is 87.3 Å². The van der Waals surface area contributed by atoms with Crippen molar-refractivity contribution in [2.24, 2.45) is 11.7 Å². The monoisotopic (exact) mass is 370 g/mol.